The first kappa shape index (κ1) is 13.5. The highest BCUT2D eigenvalue weighted by atomic mass is 16.5. The van der Waals surface area contributed by atoms with Crippen molar-refractivity contribution in [2.24, 2.45) is 0 Å². The Morgan fingerprint density at radius 2 is 1.88 bits per heavy atom. The standard InChI is InChI=1S/C13H19NO3/c1-10(15)8-14(2)9-11-5-6-12(16-3)13(7-11)17-4/h5-7H,8-9H2,1-4H3. The molecule has 4 nitrogen and oxygen atoms in total. The Labute approximate surface area is 102 Å². The Bertz CT molecular complexity index is 390. The van der Waals surface area contributed by atoms with Crippen molar-refractivity contribution in [2.45, 2.75) is 13.5 Å². The zero-order valence-corrected chi connectivity index (χ0v) is 10.8. The number of benzene rings is 1. The zero-order valence-electron chi connectivity index (χ0n) is 10.8. The molecule has 0 saturated heterocycles. The first-order chi connectivity index (χ1) is 8.06. The van der Waals surface area contributed by atoms with E-state index in [1.165, 1.54) is 0 Å². The van der Waals surface area contributed by atoms with Gasteiger partial charge in [-0.1, -0.05) is 6.07 Å². The van der Waals surface area contributed by atoms with Crippen molar-refractivity contribution in [3.05, 3.63) is 23.8 Å². The minimum atomic E-state index is 0.160. The summed E-state index contributed by atoms with van der Waals surface area (Å²) in [5, 5.41) is 0. The maximum Gasteiger partial charge on any atom is 0.161 e. The van der Waals surface area contributed by atoms with Gasteiger partial charge in [0.05, 0.1) is 20.8 Å². The molecule has 1 aromatic carbocycles. The third-order valence-electron chi connectivity index (χ3n) is 2.39. The number of Topliss-reactive ketones (excluding diaryl/α,β-unsaturated/α-hetero) is 1. The minimum Gasteiger partial charge on any atom is -0.493 e. The Balaban J connectivity index is 2.75. The summed E-state index contributed by atoms with van der Waals surface area (Å²) in [6.07, 6.45) is 0. The molecule has 0 heterocycles. The Morgan fingerprint density at radius 1 is 1.24 bits per heavy atom. The van der Waals surface area contributed by atoms with Gasteiger partial charge in [-0.25, -0.2) is 0 Å². The van der Waals surface area contributed by atoms with E-state index in [0.29, 0.717) is 24.6 Å². The molecular formula is C13H19NO3. The largest absolute Gasteiger partial charge is 0.493 e. The highest BCUT2D eigenvalue weighted by Gasteiger charge is 2.07. The number of carbonyl (C=O) groups is 1. The molecule has 0 amide bonds. The normalized spacial score (nSPS) is 10.4. The average Bonchev–Trinajstić information content (AvgIpc) is 2.27. The molecule has 0 aliphatic rings. The van der Waals surface area contributed by atoms with Crippen LogP contribution in [0.5, 0.6) is 11.5 Å². The predicted octanol–water partition coefficient (Wildman–Crippen LogP) is 1.72. The molecule has 1 rings (SSSR count). The third-order valence-corrected chi connectivity index (χ3v) is 2.39. The van der Waals surface area contributed by atoms with Crippen LogP contribution in [0.4, 0.5) is 0 Å². The summed E-state index contributed by atoms with van der Waals surface area (Å²) in [4.78, 5) is 12.9. The van der Waals surface area contributed by atoms with Crippen LogP contribution in [0.1, 0.15) is 12.5 Å². The summed E-state index contributed by atoms with van der Waals surface area (Å²) in [5.74, 6) is 1.58. The molecule has 0 spiro atoms. The molecule has 94 valence electrons. The zero-order chi connectivity index (χ0) is 12.8. The monoisotopic (exact) mass is 237 g/mol. The van der Waals surface area contributed by atoms with Crippen LogP contribution in [0.25, 0.3) is 0 Å². The number of rotatable bonds is 6. The minimum absolute atomic E-state index is 0.160. The molecule has 0 N–H and O–H groups in total. The summed E-state index contributed by atoms with van der Waals surface area (Å²) >= 11 is 0. The summed E-state index contributed by atoms with van der Waals surface area (Å²) in [7, 11) is 5.14. The fourth-order valence-electron chi connectivity index (χ4n) is 1.73. The number of ketones is 1. The molecule has 0 aliphatic carbocycles. The fourth-order valence-corrected chi connectivity index (χ4v) is 1.73. The molecule has 0 aliphatic heterocycles. The van der Waals surface area contributed by atoms with E-state index in [0.717, 1.165) is 5.56 Å². The van der Waals surface area contributed by atoms with E-state index < -0.39 is 0 Å². The lowest BCUT2D eigenvalue weighted by Crippen LogP contribution is -2.23. The number of methoxy groups -OCH3 is 2. The highest BCUT2D eigenvalue weighted by molar-refractivity contribution is 5.77. The summed E-state index contributed by atoms with van der Waals surface area (Å²) < 4.78 is 10.4. The van der Waals surface area contributed by atoms with E-state index in [-0.39, 0.29) is 5.78 Å². The van der Waals surface area contributed by atoms with Gasteiger partial charge in [0.15, 0.2) is 11.5 Å². The maximum atomic E-state index is 11.0. The van der Waals surface area contributed by atoms with E-state index in [1.807, 2.05) is 30.1 Å². The van der Waals surface area contributed by atoms with Crippen LogP contribution in [-0.2, 0) is 11.3 Å². The molecule has 4 heteroatoms. The van der Waals surface area contributed by atoms with Gasteiger partial charge in [-0.2, -0.15) is 0 Å². The first-order valence-electron chi connectivity index (χ1n) is 5.45. The quantitative estimate of drug-likeness (QED) is 0.755. The van der Waals surface area contributed by atoms with E-state index in [1.54, 1.807) is 21.1 Å². The molecule has 0 atom stereocenters. The second-order valence-electron chi connectivity index (χ2n) is 4.06. The molecule has 0 aromatic heterocycles. The molecule has 0 saturated carbocycles. The fraction of sp³-hybridized carbons (Fsp3) is 0.462. The van der Waals surface area contributed by atoms with E-state index in [9.17, 15) is 4.79 Å². The van der Waals surface area contributed by atoms with Crippen molar-refractivity contribution >= 4 is 5.78 Å². The Morgan fingerprint density at radius 3 is 2.41 bits per heavy atom. The van der Waals surface area contributed by atoms with Gasteiger partial charge in [-0.3, -0.25) is 9.69 Å². The van der Waals surface area contributed by atoms with Crippen LogP contribution in [-0.4, -0.2) is 38.5 Å². The van der Waals surface area contributed by atoms with Gasteiger partial charge in [-0.15, -0.1) is 0 Å². The van der Waals surface area contributed by atoms with Crippen LogP contribution in [0, 0.1) is 0 Å². The van der Waals surface area contributed by atoms with Crippen LogP contribution in [0.2, 0.25) is 0 Å². The van der Waals surface area contributed by atoms with E-state index in [4.69, 9.17) is 9.47 Å². The molecular weight excluding hydrogens is 218 g/mol. The van der Waals surface area contributed by atoms with Crippen LogP contribution in [0.15, 0.2) is 18.2 Å². The number of carbonyl (C=O) groups excluding carboxylic acids is 1. The Kier molecular flexibility index (Phi) is 4.97. The van der Waals surface area contributed by atoms with E-state index in [2.05, 4.69) is 0 Å². The molecule has 0 radical (unpaired) electrons. The van der Waals surface area contributed by atoms with Crippen molar-refractivity contribution in [3.8, 4) is 11.5 Å². The van der Waals surface area contributed by atoms with Gasteiger partial charge >= 0.3 is 0 Å². The third kappa shape index (κ3) is 4.07. The maximum absolute atomic E-state index is 11.0. The van der Waals surface area contributed by atoms with Crippen LogP contribution < -0.4 is 9.47 Å². The molecule has 0 unspecified atom stereocenters. The molecule has 1 aromatic rings. The van der Waals surface area contributed by atoms with Gasteiger partial charge in [-0.05, 0) is 31.7 Å². The highest BCUT2D eigenvalue weighted by Crippen LogP contribution is 2.27. The van der Waals surface area contributed by atoms with Gasteiger partial charge in [0.2, 0.25) is 0 Å². The second-order valence-corrected chi connectivity index (χ2v) is 4.06. The Hall–Kier alpha value is -1.55. The summed E-state index contributed by atoms with van der Waals surface area (Å²) in [5.41, 5.74) is 1.09. The summed E-state index contributed by atoms with van der Waals surface area (Å²) in [6, 6.07) is 5.77. The average molecular weight is 237 g/mol. The molecule has 0 fully saturated rings. The number of likely N-dealkylation sites (N-methyl/N-ethyl adjacent to an activating group) is 1. The van der Waals surface area contributed by atoms with Crippen LogP contribution in [0.3, 0.4) is 0 Å². The summed E-state index contributed by atoms with van der Waals surface area (Å²) in [6.45, 7) is 2.75. The lowest BCUT2D eigenvalue weighted by Gasteiger charge is -2.16. The number of nitrogens with zero attached hydrogens (tertiary/aromatic N) is 1. The smallest absolute Gasteiger partial charge is 0.161 e. The van der Waals surface area contributed by atoms with Gasteiger partial charge in [0.25, 0.3) is 0 Å². The van der Waals surface area contributed by atoms with Crippen molar-refractivity contribution in [1.29, 1.82) is 0 Å². The second kappa shape index (κ2) is 6.25. The van der Waals surface area contributed by atoms with Gasteiger partial charge in [0.1, 0.15) is 5.78 Å². The SMILES string of the molecule is COc1ccc(CN(C)CC(C)=O)cc1OC. The van der Waals surface area contributed by atoms with Crippen molar-refractivity contribution in [1.82, 2.24) is 4.90 Å². The predicted molar refractivity (Wildman–Crippen MR) is 66.6 cm³/mol. The number of hydrogen-bond donors (Lipinski definition) is 0. The lowest BCUT2D eigenvalue weighted by molar-refractivity contribution is -0.117. The number of ether oxygens (including phenoxy) is 2. The molecule has 17 heavy (non-hydrogen) atoms. The van der Waals surface area contributed by atoms with Crippen molar-refractivity contribution in [2.75, 3.05) is 27.8 Å². The van der Waals surface area contributed by atoms with Gasteiger partial charge < -0.3 is 9.47 Å². The topological polar surface area (TPSA) is 38.8 Å². The lowest BCUT2D eigenvalue weighted by atomic mass is 10.2. The number of hydrogen-bond acceptors (Lipinski definition) is 4. The van der Waals surface area contributed by atoms with Crippen molar-refractivity contribution < 1.29 is 14.3 Å². The van der Waals surface area contributed by atoms with Crippen molar-refractivity contribution in [3.63, 3.8) is 0 Å². The van der Waals surface area contributed by atoms with Gasteiger partial charge in [0, 0.05) is 6.54 Å². The molecule has 0 bridgehead atoms. The van der Waals surface area contributed by atoms with Crippen LogP contribution >= 0.6 is 0 Å². The van der Waals surface area contributed by atoms with E-state index >= 15 is 0 Å². The first-order valence-corrected chi connectivity index (χ1v) is 5.45.